The highest BCUT2D eigenvalue weighted by Gasteiger charge is 2.16. The minimum Gasteiger partial charge on any atom is -0.375 e. The maximum atomic E-state index is 6.20. The van der Waals surface area contributed by atoms with E-state index in [1.807, 2.05) is 18.2 Å². The summed E-state index contributed by atoms with van der Waals surface area (Å²) in [4.78, 5) is 1.09. The van der Waals surface area contributed by atoms with Gasteiger partial charge < -0.3 is 5.73 Å². The van der Waals surface area contributed by atoms with Crippen LogP contribution in [-0.4, -0.2) is 16.6 Å². The molecule has 17 heavy (non-hydrogen) atoms. The van der Waals surface area contributed by atoms with E-state index >= 15 is 0 Å². The second kappa shape index (κ2) is 5.71. The fourth-order valence-corrected chi connectivity index (χ4v) is 3.09. The minimum absolute atomic E-state index is 0.179. The van der Waals surface area contributed by atoms with Crippen LogP contribution in [0.3, 0.4) is 0 Å². The SMILES string of the molecule is NC(=S)NN=C1CCCSc2c(Cl)cccc21. The molecule has 0 saturated heterocycles. The number of nitrogens with zero attached hydrogens (tertiary/aromatic N) is 1. The van der Waals surface area contributed by atoms with Crippen LogP contribution in [0.4, 0.5) is 0 Å². The van der Waals surface area contributed by atoms with E-state index in [1.165, 1.54) is 0 Å². The number of hydrogen-bond acceptors (Lipinski definition) is 3. The predicted molar refractivity (Wildman–Crippen MR) is 77.9 cm³/mol. The normalized spacial score (nSPS) is 17.4. The summed E-state index contributed by atoms with van der Waals surface area (Å²) in [6.07, 6.45) is 1.96. The maximum absolute atomic E-state index is 6.20. The number of benzene rings is 1. The number of halogens is 1. The molecule has 0 bridgehead atoms. The molecule has 3 nitrogen and oxygen atoms in total. The third-order valence-corrected chi connectivity index (χ3v) is 4.12. The van der Waals surface area contributed by atoms with Gasteiger partial charge in [-0.05, 0) is 36.9 Å². The standard InChI is InChI=1S/C11H12ClN3S2/c12-8-4-1-3-7-9(14-15-11(13)16)5-2-6-17-10(7)8/h1,3-4H,2,5-6H2,(H3,13,15,16). The lowest BCUT2D eigenvalue weighted by Crippen LogP contribution is -2.25. The first kappa shape index (κ1) is 12.7. The molecular formula is C11H12ClN3S2. The van der Waals surface area contributed by atoms with Gasteiger partial charge in [-0.2, -0.15) is 5.10 Å². The largest absolute Gasteiger partial charge is 0.375 e. The number of thioether (sulfide) groups is 1. The Bertz CT molecular complexity index is 474. The van der Waals surface area contributed by atoms with Gasteiger partial charge in [0.25, 0.3) is 0 Å². The van der Waals surface area contributed by atoms with Gasteiger partial charge >= 0.3 is 0 Å². The van der Waals surface area contributed by atoms with E-state index in [9.17, 15) is 0 Å². The van der Waals surface area contributed by atoms with Gasteiger partial charge in [-0.25, -0.2) is 0 Å². The van der Waals surface area contributed by atoms with Crippen molar-refractivity contribution in [2.45, 2.75) is 17.7 Å². The quantitative estimate of drug-likeness (QED) is 0.615. The van der Waals surface area contributed by atoms with Crippen molar-refractivity contribution in [1.82, 2.24) is 5.43 Å². The zero-order valence-corrected chi connectivity index (χ0v) is 11.5. The Morgan fingerprint density at radius 3 is 3.12 bits per heavy atom. The topological polar surface area (TPSA) is 50.4 Å². The molecule has 0 aliphatic carbocycles. The number of nitrogens with one attached hydrogen (secondary N) is 1. The van der Waals surface area contributed by atoms with E-state index in [2.05, 4.69) is 10.5 Å². The molecule has 0 aromatic heterocycles. The lowest BCUT2D eigenvalue weighted by molar-refractivity contribution is 0.963. The molecular weight excluding hydrogens is 274 g/mol. The molecule has 0 radical (unpaired) electrons. The van der Waals surface area contributed by atoms with Gasteiger partial charge in [-0.1, -0.05) is 23.7 Å². The third kappa shape index (κ3) is 3.12. The highest BCUT2D eigenvalue weighted by atomic mass is 35.5. The summed E-state index contributed by atoms with van der Waals surface area (Å²) in [7, 11) is 0. The van der Waals surface area contributed by atoms with Gasteiger partial charge in [0.15, 0.2) is 5.11 Å². The Kier molecular flexibility index (Phi) is 4.25. The Morgan fingerprint density at radius 1 is 1.53 bits per heavy atom. The van der Waals surface area contributed by atoms with E-state index in [-0.39, 0.29) is 5.11 Å². The van der Waals surface area contributed by atoms with Crippen LogP contribution in [0.1, 0.15) is 18.4 Å². The Balaban J connectivity index is 2.40. The molecule has 0 fully saturated rings. The molecule has 0 saturated carbocycles. The van der Waals surface area contributed by atoms with Crippen molar-refractivity contribution in [3.63, 3.8) is 0 Å². The summed E-state index contributed by atoms with van der Waals surface area (Å²) in [5, 5.41) is 5.21. The molecule has 1 aliphatic heterocycles. The first-order valence-corrected chi connectivity index (χ1v) is 6.99. The van der Waals surface area contributed by atoms with Crippen LogP contribution in [0, 0.1) is 0 Å². The smallest absolute Gasteiger partial charge is 0.184 e. The van der Waals surface area contributed by atoms with Crippen LogP contribution in [-0.2, 0) is 0 Å². The van der Waals surface area contributed by atoms with Crippen molar-refractivity contribution in [3.05, 3.63) is 28.8 Å². The second-order valence-corrected chi connectivity index (χ2v) is 5.56. The van der Waals surface area contributed by atoms with Crippen molar-refractivity contribution >= 4 is 46.4 Å². The molecule has 0 spiro atoms. The number of hydrazone groups is 1. The predicted octanol–water partition coefficient (Wildman–Crippen LogP) is 2.76. The summed E-state index contributed by atoms with van der Waals surface area (Å²) in [5.74, 6) is 1.04. The zero-order valence-electron chi connectivity index (χ0n) is 9.07. The van der Waals surface area contributed by atoms with E-state index < -0.39 is 0 Å². The van der Waals surface area contributed by atoms with E-state index in [0.717, 1.165) is 39.8 Å². The number of nitrogens with two attached hydrogens (primary N) is 1. The fraction of sp³-hybridized carbons (Fsp3) is 0.273. The monoisotopic (exact) mass is 285 g/mol. The van der Waals surface area contributed by atoms with Crippen molar-refractivity contribution in [3.8, 4) is 0 Å². The van der Waals surface area contributed by atoms with E-state index in [4.69, 9.17) is 29.6 Å². The summed E-state index contributed by atoms with van der Waals surface area (Å²) < 4.78 is 0. The number of hydrogen-bond donors (Lipinski definition) is 2. The Morgan fingerprint density at radius 2 is 2.35 bits per heavy atom. The molecule has 1 aliphatic rings. The lowest BCUT2D eigenvalue weighted by atomic mass is 10.1. The average molecular weight is 286 g/mol. The van der Waals surface area contributed by atoms with Crippen LogP contribution in [0.15, 0.2) is 28.2 Å². The molecule has 3 N–H and O–H groups in total. The molecule has 0 amide bonds. The molecule has 1 aromatic rings. The van der Waals surface area contributed by atoms with Crippen LogP contribution in [0.5, 0.6) is 0 Å². The van der Waals surface area contributed by atoms with Gasteiger partial charge in [0.2, 0.25) is 0 Å². The van der Waals surface area contributed by atoms with Gasteiger partial charge in [0, 0.05) is 10.5 Å². The Labute approximate surface area is 115 Å². The van der Waals surface area contributed by atoms with Crippen LogP contribution >= 0.6 is 35.6 Å². The summed E-state index contributed by atoms with van der Waals surface area (Å²) in [6.45, 7) is 0. The fourth-order valence-electron chi connectivity index (χ4n) is 1.67. The van der Waals surface area contributed by atoms with Crippen LogP contribution in [0.2, 0.25) is 5.02 Å². The third-order valence-electron chi connectivity index (χ3n) is 2.38. The van der Waals surface area contributed by atoms with Gasteiger partial charge in [0.1, 0.15) is 0 Å². The van der Waals surface area contributed by atoms with E-state index in [1.54, 1.807) is 11.8 Å². The average Bonchev–Trinajstić information content (AvgIpc) is 2.50. The van der Waals surface area contributed by atoms with Crippen molar-refractivity contribution in [1.29, 1.82) is 0 Å². The maximum Gasteiger partial charge on any atom is 0.184 e. The molecule has 1 aromatic carbocycles. The van der Waals surface area contributed by atoms with Crippen molar-refractivity contribution in [2.75, 3.05) is 5.75 Å². The lowest BCUT2D eigenvalue weighted by Gasteiger charge is -2.08. The summed E-state index contributed by atoms with van der Waals surface area (Å²) >= 11 is 12.7. The second-order valence-electron chi connectivity index (χ2n) is 3.60. The number of fused-ring (bicyclic) bond motifs is 1. The highest BCUT2D eigenvalue weighted by Crippen LogP contribution is 2.34. The van der Waals surface area contributed by atoms with Gasteiger partial charge in [-0.15, -0.1) is 11.8 Å². The zero-order chi connectivity index (χ0) is 12.3. The van der Waals surface area contributed by atoms with Crippen molar-refractivity contribution in [2.24, 2.45) is 10.8 Å². The molecule has 6 heteroatoms. The van der Waals surface area contributed by atoms with Gasteiger partial charge in [-0.3, -0.25) is 5.43 Å². The summed E-state index contributed by atoms with van der Waals surface area (Å²) in [6, 6.07) is 5.86. The minimum atomic E-state index is 0.179. The first-order valence-electron chi connectivity index (χ1n) is 5.22. The number of rotatable bonds is 1. The first-order chi connectivity index (χ1) is 8.18. The van der Waals surface area contributed by atoms with E-state index in [0.29, 0.717) is 0 Å². The molecule has 2 rings (SSSR count). The summed E-state index contributed by atoms with van der Waals surface area (Å²) in [5.41, 5.74) is 10.1. The molecule has 0 unspecified atom stereocenters. The molecule has 1 heterocycles. The van der Waals surface area contributed by atoms with Crippen LogP contribution in [0.25, 0.3) is 0 Å². The number of thiocarbonyl (C=S) groups is 1. The molecule has 90 valence electrons. The molecule has 0 atom stereocenters. The van der Waals surface area contributed by atoms with Crippen LogP contribution < -0.4 is 11.2 Å². The van der Waals surface area contributed by atoms with Crippen molar-refractivity contribution < 1.29 is 0 Å². The van der Waals surface area contributed by atoms with Gasteiger partial charge in [0.05, 0.1) is 10.7 Å². The highest BCUT2D eigenvalue weighted by molar-refractivity contribution is 7.99. The Hall–Kier alpha value is -0.780.